The molecule has 8 nitrogen and oxygen atoms in total. The number of ether oxygens (including phenoxy) is 2. The minimum absolute atomic E-state index is 0.0880. The van der Waals surface area contributed by atoms with Gasteiger partial charge in [-0.05, 0) is 41.0 Å². The van der Waals surface area contributed by atoms with Gasteiger partial charge in [0.05, 0.1) is 37.0 Å². The maximum atomic E-state index is 13.7. The molecule has 2 atom stereocenters. The number of pyridine rings is 2. The molecule has 0 bridgehead atoms. The second-order valence-corrected chi connectivity index (χ2v) is 9.33. The number of hydrogen-bond donors (Lipinski definition) is 2. The number of methoxy groups -OCH3 is 2. The van der Waals surface area contributed by atoms with Crippen molar-refractivity contribution in [3.8, 4) is 5.88 Å². The summed E-state index contributed by atoms with van der Waals surface area (Å²) in [5.74, 6) is -0.451. The summed E-state index contributed by atoms with van der Waals surface area (Å²) in [4.78, 5) is 33.9. The fourth-order valence-corrected chi connectivity index (χ4v) is 4.97. The Kier molecular flexibility index (Phi) is 8.58. The standard InChI is InChI=1S/C28H25Cl2N3O5/c1-37-16-18-12-23(31-13-19(18)15-35)26(36)33-28(24-10-9-17(14-34)27(32-24)38-2)11-5-7-21(25(28)30)20-6-3-4-8-22(20)29/h3-14,25,35H,15-16H2,1-2H3,(H,33,36). The van der Waals surface area contributed by atoms with E-state index < -0.39 is 16.8 Å². The van der Waals surface area contributed by atoms with Gasteiger partial charge < -0.3 is 19.9 Å². The Hall–Kier alpha value is -3.56. The monoisotopic (exact) mass is 553 g/mol. The number of amides is 1. The third kappa shape index (κ3) is 5.21. The molecular weight excluding hydrogens is 529 g/mol. The van der Waals surface area contributed by atoms with E-state index >= 15 is 0 Å². The second kappa shape index (κ2) is 11.9. The molecule has 196 valence electrons. The van der Waals surface area contributed by atoms with Gasteiger partial charge in [0.15, 0.2) is 6.29 Å². The van der Waals surface area contributed by atoms with E-state index in [4.69, 9.17) is 32.7 Å². The van der Waals surface area contributed by atoms with E-state index in [-0.39, 0.29) is 30.4 Å². The summed E-state index contributed by atoms with van der Waals surface area (Å²) in [6.07, 6.45) is 7.38. The van der Waals surface area contributed by atoms with Crippen LogP contribution in [0.15, 0.2) is 66.9 Å². The number of benzene rings is 1. The minimum Gasteiger partial charge on any atom is -0.480 e. The van der Waals surface area contributed by atoms with E-state index in [0.717, 1.165) is 0 Å². The van der Waals surface area contributed by atoms with Crippen molar-refractivity contribution in [3.05, 3.63) is 106 Å². The van der Waals surface area contributed by atoms with Crippen LogP contribution in [0.25, 0.3) is 5.57 Å². The van der Waals surface area contributed by atoms with Crippen LogP contribution < -0.4 is 10.1 Å². The highest BCUT2D eigenvalue weighted by atomic mass is 35.5. The SMILES string of the molecule is COCc1cc(C(=O)NC2(c3ccc(C=O)c(OC)n3)C=CC=C(c3ccccc3Cl)C2Cl)ncc1CO. The van der Waals surface area contributed by atoms with Crippen LogP contribution in [-0.4, -0.2) is 46.9 Å². The van der Waals surface area contributed by atoms with Gasteiger partial charge in [-0.3, -0.25) is 14.6 Å². The van der Waals surface area contributed by atoms with E-state index in [1.807, 2.05) is 24.3 Å². The molecule has 10 heteroatoms. The fraction of sp³-hybridized carbons (Fsp3) is 0.214. The topological polar surface area (TPSA) is 111 Å². The zero-order valence-electron chi connectivity index (χ0n) is 20.7. The average Bonchev–Trinajstić information content (AvgIpc) is 2.94. The highest BCUT2D eigenvalue weighted by Crippen LogP contribution is 2.43. The van der Waals surface area contributed by atoms with Crippen molar-refractivity contribution in [2.45, 2.75) is 24.1 Å². The van der Waals surface area contributed by atoms with Gasteiger partial charge in [0.25, 0.3) is 5.91 Å². The van der Waals surface area contributed by atoms with Crippen molar-refractivity contribution in [2.24, 2.45) is 0 Å². The maximum Gasteiger partial charge on any atom is 0.270 e. The lowest BCUT2D eigenvalue weighted by atomic mass is 9.80. The highest BCUT2D eigenvalue weighted by molar-refractivity contribution is 6.34. The Bertz CT molecular complexity index is 1430. The number of hydrogen-bond acceptors (Lipinski definition) is 7. The van der Waals surface area contributed by atoms with Crippen molar-refractivity contribution in [2.75, 3.05) is 14.2 Å². The van der Waals surface area contributed by atoms with Gasteiger partial charge in [0.1, 0.15) is 11.2 Å². The third-order valence-electron chi connectivity index (χ3n) is 6.23. The van der Waals surface area contributed by atoms with Crippen molar-refractivity contribution in [1.82, 2.24) is 15.3 Å². The van der Waals surface area contributed by atoms with Crippen LogP contribution in [0, 0.1) is 0 Å². The number of rotatable bonds is 9. The zero-order chi connectivity index (χ0) is 27.3. The molecule has 1 amide bonds. The van der Waals surface area contributed by atoms with Gasteiger partial charge in [-0.2, -0.15) is 0 Å². The molecule has 2 N–H and O–H groups in total. The molecule has 0 saturated heterocycles. The number of alkyl halides is 1. The minimum atomic E-state index is -1.38. The van der Waals surface area contributed by atoms with E-state index in [9.17, 15) is 14.7 Å². The molecule has 0 radical (unpaired) electrons. The first-order valence-electron chi connectivity index (χ1n) is 11.6. The largest absolute Gasteiger partial charge is 0.480 e. The number of nitrogens with zero attached hydrogens (tertiary/aromatic N) is 2. The summed E-state index contributed by atoms with van der Waals surface area (Å²) in [6.45, 7) is -0.0595. The van der Waals surface area contributed by atoms with Gasteiger partial charge in [0.2, 0.25) is 5.88 Å². The molecule has 2 heterocycles. The summed E-state index contributed by atoms with van der Waals surface area (Å²) >= 11 is 13.7. The van der Waals surface area contributed by atoms with Crippen LogP contribution >= 0.6 is 23.2 Å². The summed E-state index contributed by atoms with van der Waals surface area (Å²) < 4.78 is 10.5. The number of nitrogens with one attached hydrogen (secondary N) is 1. The first-order valence-corrected chi connectivity index (χ1v) is 12.4. The Morgan fingerprint density at radius 2 is 2.00 bits per heavy atom. The number of aldehydes is 1. The number of halogens is 2. The first-order chi connectivity index (χ1) is 18.4. The molecule has 4 rings (SSSR count). The molecule has 38 heavy (non-hydrogen) atoms. The Labute approximate surface area is 229 Å². The average molecular weight is 554 g/mol. The number of aliphatic hydroxyl groups excluding tert-OH is 1. The van der Waals surface area contributed by atoms with Crippen LogP contribution in [0.2, 0.25) is 5.02 Å². The third-order valence-corrected chi connectivity index (χ3v) is 7.14. The normalized spacial score (nSPS) is 18.6. The van der Waals surface area contributed by atoms with Gasteiger partial charge in [-0.1, -0.05) is 48.0 Å². The summed E-state index contributed by atoms with van der Waals surface area (Å²) in [6, 6.07) is 12.0. The Balaban J connectivity index is 1.83. The lowest BCUT2D eigenvalue weighted by Crippen LogP contribution is -2.52. The molecule has 1 aromatic carbocycles. The quantitative estimate of drug-likeness (QED) is 0.297. The number of carbonyl (C=O) groups excluding carboxylic acids is 2. The summed E-state index contributed by atoms with van der Waals surface area (Å²) in [5, 5.41) is 12.3. The Morgan fingerprint density at radius 1 is 1.21 bits per heavy atom. The lowest BCUT2D eigenvalue weighted by molar-refractivity contribution is 0.0909. The van der Waals surface area contributed by atoms with Crippen molar-refractivity contribution in [1.29, 1.82) is 0 Å². The van der Waals surface area contributed by atoms with Crippen molar-refractivity contribution >= 4 is 41.0 Å². The van der Waals surface area contributed by atoms with Crippen LogP contribution in [0.5, 0.6) is 5.88 Å². The van der Waals surface area contributed by atoms with Crippen LogP contribution in [0.1, 0.15) is 43.2 Å². The molecule has 3 aromatic rings. The molecule has 2 unspecified atom stereocenters. The fourth-order valence-electron chi connectivity index (χ4n) is 4.29. The van der Waals surface area contributed by atoms with E-state index in [1.54, 1.807) is 36.4 Å². The van der Waals surface area contributed by atoms with Crippen LogP contribution in [0.3, 0.4) is 0 Å². The molecule has 1 aliphatic rings. The Morgan fingerprint density at radius 3 is 2.68 bits per heavy atom. The van der Waals surface area contributed by atoms with E-state index in [1.165, 1.54) is 20.4 Å². The second-order valence-electron chi connectivity index (χ2n) is 8.49. The van der Waals surface area contributed by atoms with Crippen LogP contribution in [0.4, 0.5) is 0 Å². The first kappa shape index (κ1) is 27.5. The van der Waals surface area contributed by atoms with E-state index in [2.05, 4.69) is 15.3 Å². The molecular formula is C28H25Cl2N3O5. The number of allylic oxidation sites excluding steroid dienone is 2. The zero-order valence-corrected chi connectivity index (χ0v) is 22.2. The molecule has 0 aliphatic heterocycles. The molecule has 2 aromatic heterocycles. The van der Waals surface area contributed by atoms with Gasteiger partial charge in [-0.25, -0.2) is 4.98 Å². The molecule has 0 spiro atoms. The predicted molar refractivity (Wildman–Crippen MR) is 144 cm³/mol. The smallest absolute Gasteiger partial charge is 0.270 e. The number of aliphatic hydroxyl groups is 1. The number of aromatic nitrogens is 2. The summed E-state index contributed by atoms with van der Waals surface area (Å²) in [5.41, 5.74) is 1.82. The van der Waals surface area contributed by atoms with E-state index in [0.29, 0.717) is 39.3 Å². The van der Waals surface area contributed by atoms with Crippen LogP contribution in [-0.2, 0) is 23.5 Å². The van der Waals surface area contributed by atoms with Crippen molar-refractivity contribution in [3.63, 3.8) is 0 Å². The molecule has 0 saturated carbocycles. The molecule has 0 fully saturated rings. The van der Waals surface area contributed by atoms with Gasteiger partial charge >= 0.3 is 0 Å². The van der Waals surface area contributed by atoms with Crippen molar-refractivity contribution < 1.29 is 24.2 Å². The lowest BCUT2D eigenvalue weighted by Gasteiger charge is -2.39. The summed E-state index contributed by atoms with van der Waals surface area (Å²) in [7, 11) is 2.92. The maximum absolute atomic E-state index is 13.7. The van der Waals surface area contributed by atoms with Gasteiger partial charge in [0, 0.05) is 23.9 Å². The van der Waals surface area contributed by atoms with Gasteiger partial charge in [-0.15, -0.1) is 11.6 Å². The highest BCUT2D eigenvalue weighted by Gasteiger charge is 2.45. The number of carbonyl (C=O) groups is 2. The predicted octanol–water partition coefficient (Wildman–Crippen LogP) is 4.48. The molecule has 1 aliphatic carbocycles.